The summed E-state index contributed by atoms with van der Waals surface area (Å²) in [7, 11) is 1.86. The first kappa shape index (κ1) is 13.1. The van der Waals surface area contributed by atoms with Crippen LogP contribution in [-0.2, 0) is 13.6 Å². The third kappa shape index (κ3) is 2.89. The third-order valence-electron chi connectivity index (χ3n) is 2.94. The molecule has 1 atom stereocenters. The topological polar surface area (TPSA) is 29.9 Å². The monoisotopic (exact) mass is 267 g/mol. The molecule has 0 spiro atoms. The lowest BCUT2D eigenvalue weighted by atomic mass is 10.1. The van der Waals surface area contributed by atoms with Crippen molar-refractivity contribution in [1.82, 2.24) is 14.9 Å². The highest BCUT2D eigenvalue weighted by atomic mass is 35.5. The Balaban J connectivity index is 2.00. The van der Waals surface area contributed by atoms with Gasteiger partial charge >= 0.3 is 0 Å². The fourth-order valence-electron chi connectivity index (χ4n) is 1.73. The maximum Gasteiger partial charge on any atom is 0.128 e. The normalized spacial score (nSPS) is 12.7. The van der Waals surface area contributed by atoms with Crippen LogP contribution >= 0.6 is 11.6 Å². The Kier molecular flexibility index (Phi) is 3.99. The number of hydrogen-bond acceptors (Lipinski definition) is 2. The summed E-state index contributed by atoms with van der Waals surface area (Å²) in [6.45, 7) is 2.57. The average Bonchev–Trinajstić information content (AvgIpc) is 2.67. The molecule has 0 aliphatic rings. The summed E-state index contributed by atoms with van der Waals surface area (Å²) in [5.41, 5.74) is 0.912. The molecule has 5 heteroatoms. The first-order valence-corrected chi connectivity index (χ1v) is 6.10. The van der Waals surface area contributed by atoms with Crippen molar-refractivity contribution in [2.24, 2.45) is 7.05 Å². The van der Waals surface area contributed by atoms with Crippen LogP contribution in [0.5, 0.6) is 0 Å². The molecular formula is C13H15ClFN3. The van der Waals surface area contributed by atoms with E-state index in [2.05, 4.69) is 10.3 Å². The van der Waals surface area contributed by atoms with E-state index in [9.17, 15) is 4.39 Å². The molecule has 2 aromatic rings. The number of benzene rings is 1. The van der Waals surface area contributed by atoms with Crippen LogP contribution in [0.3, 0.4) is 0 Å². The van der Waals surface area contributed by atoms with Gasteiger partial charge < -0.3 is 9.88 Å². The van der Waals surface area contributed by atoms with E-state index < -0.39 is 0 Å². The summed E-state index contributed by atoms with van der Waals surface area (Å²) in [5.74, 6) is 0.629. The molecule has 3 nitrogen and oxygen atoms in total. The molecule has 0 aliphatic heterocycles. The van der Waals surface area contributed by atoms with Crippen LogP contribution in [0.2, 0.25) is 5.15 Å². The van der Waals surface area contributed by atoms with Crippen molar-refractivity contribution in [3.63, 3.8) is 0 Å². The van der Waals surface area contributed by atoms with E-state index >= 15 is 0 Å². The second-order valence-electron chi connectivity index (χ2n) is 4.21. The molecule has 0 amide bonds. The Morgan fingerprint density at radius 3 is 2.89 bits per heavy atom. The zero-order valence-electron chi connectivity index (χ0n) is 10.3. The van der Waals surface area contributed by atoms with Gasteiger partial charge in [-0.2, -0.15) is 0 Å². The quantitative estimate of drug-likeness (QED) is 0.923. The standard InChI is InChI=1S/C13H15ClFN3/c1-9(10-4-3-5-11(15)6-10)16-8-13-17-7-12(14)18(13)2/h3-7,9,16H,8H2,1-2H3/t9-/m0/s1. The number of nitrogens with one attached hydrogen (secondary N) is 1. The summed E-state index contributed by atoms with van der Waals surface area (Å²) in [5, 5.41) is 3.89. The smallest absolute Gasteiger partial charge is 0.128 e. The molecule has 0 saturated heterocycles. The molecule has 1 N–H and O–H groups in total. The molecule has 1 aromatic carbocycles. The first-order valence-electron chi connectivity index (χ1n) is 5.73. The van der Waals surface area contributed by atoms with Crippen LogP contribution in [0.15, 0.2) is 30.5 Å². The van der Waals surface area contributed by atoms with Crippen LogP contribution in [0.1, 0.15) is 24.4 Å². The van der Waals surface area contributed by atoms with Crippen molar-refractivity contribution in [3.05, 3.63) is 52.8 Å². The summed E-state index contributed by atoms with van der Waals surface area (Å²) >= 11 is 5.91. The van der Waals surface area contributed by atoms with Crippen LogP contribution in [-0.4, -0.2) is 9.55 Å². The first-order chi connectivity index (χ1) is 8.58. The maximum absolute atomic E-state index is 13.1. The Hall–Kier alpha value is -1.39. The third-order valence-corrected chi connectivity index (χ3v) is 3.29. The second kappa shape index (κ2) is 5.50. The van der Waals surface area contributed by atoms with Crippen LogP contribution < -0.4 is 5.32 Å². The van der Waals surface area contributed by atoms with Gasteiger partial charge in [-0.1, -0.05) is 23.7 Å². The average molecular weight is 268 g/mol. The van der Waals surface area contributed by atoms with Crippen molar-refractivity contribution in [3.8, 4) is 0 Å². The summed E-state index contributed by atoms with van der Waals surface area (Å²) in [6, 6.07) is 6.63. The Labute approximate surface area is 111 Å². The molecule has 1 aromatic heterocycles. The molecule has 96 valence electrons. The van der Waals surface area contributed by atoms with Gasteiger partial charge in [0.05, 0.1) is 12.7 Å². The van der Waals surface area contributed by atoms with E-state index in [0.717, 1.165) is 11.4 Å². The zero-order valence-corrected chi connectivity index (χ0v) is 11.1. The van der Waals surface area contributed by atoms with Gasteiger partial charge in [-0.25, -0.2) is 9.37 Å². The van der Waals surface area contributed by atoms with Crippen molar-refractivity contribution in [1.29, 1.82) is 0 Å². The lowest BCUT2D eigenvalue weighted by Crippen LogP contribution is -2.20. The van der Waals surface area contributed by atoms with Crippen LogP contribution in [0.25, 0.3) is 0 Å². The van der Waals surface area contributed by atoms with E-state index in [1.54, 1.807) is 12.3 Å². The van der Waals surface area contributed by atoms with Crippen molar-refractivity contribution in [2.75, 3.05) is 0 Å². The van der Waals surface area contributed by atoms with Gasteiger partial charge in [-0.15, -0.1) is 0 Å². The summed E-state index contributed by atoms with van der Waals surface area (Å²) in [6.07, 6.45) is 1.62. The van der Waals surface area contributed by atoms with E-state index in [4.69, 9.17) is 11.6 Å². The molecule has 0 unspecified atom stereocenters. The predicted octanol–water partition coefficient (Wildman–Crippen LogP) is 3.06. The van der Waals surface area contributed by atoms with E-state index in [0.29, 0.717) is 11.7 Å². The molecule has 0 radical (unpaired) electrons. The van der Waals surface area contributed by atoms with Crippen molar-refractivity contribution < 1.29 is 4.39 Å². The maximum atomic E-state index is 13.1. The minimum Gasteiger partial charge on any atom is -0.321 e. The highest BCUT2D eigenvalue weighted by Crippen LogP contribution is 2.15. The summed E-state index contributed by atoms with van der Waals surface area (Å²) in [4.78, 5) is 4.19. The fourth-order valence-corrected chi connectivity index (χ4v) is 1.87. The molecule has 18 heavy (non-hydrogen) atoms. The Morgan fingerprint density at radius 1 is 1.50 bits per heavy atom. The molecule has 0 bridgehead atoms. The lowest BCUT2D eigenvalue weighted by Gasteiger charge is -2.14. The van der Waals surface area contributed by atoms with Gasteiger partial charge in [0.1, 0.15) is 16.8 Å². The van der Waals surface area contributed by atoms with Crippen LogP contribution in [0, 0.1) is 5.82 Å². The van der Waals surface area contributed by atoms with Crippen molar-refractivity contribution in [2.45, 2.75) is 19.5 Å². The second-order valence-corrected chi connectivity index (χ2v) is 4.60. The van der Waals surface area contributed by atoms with Gasteiger partial charge in [0.25, 0.3) is 0 Å². The largest absolute Gasteiger partial charge is 0.321 e. The minimum absolute atomic E-state index is 0.0520. The lowest BCUT2D eigenvalue weighted by molar-refractivity contribution is 0.543. The highest BCUT2D eigenvalue weighted by Gasteiger charge is 2.08. The molecule has 2 rings (SSSR count). The number of halogens is 2. The number of aromatic nitrogens is 2. The van der Waals surface area contributed by atoms with Gasteiger partial charge in [-0.05, 0) is 24.6 Å². The number of nitrogens with zero attached hydrogens (tertiary/aromatic N) is 2. The predicted molar refractivity (Wildman–Crippen MR) is 69.9 cm³/mol. The van der Waals surface area contributed by atoms with Gasteiger partial charge in [0.2, 0.25) is 0 Å². The molecule has 0 aliphatic carbocycles. The summed E-state index contributed by atoms with van der Waals surface area (Å²) < 4.78 is 14.9. The van der Waals surface area contributed by atoms with Crippen molar-refractivity contribution >= 4 is 11.6 Å². The molecular weight excluding hydrogens is 253 g/mol. The molecule has 1 heterocycles. The van der Waals surface area contributed by atoms with Crippen LogP contribution in [0.4, 0.5) is 4.39 Å². The van der Waals surface area contributed by atoms with Gasteiger partial charge in [0.15, 0.2) is 0 Å². The zero-order chi connectivity index (χ0) is 13.1. The Bertz CT molecular complexity index is 539. The highest BCUT2D eigenvalue weighted by molar-refractivity contribution is 6.29. The fraction of sp³-hybridized carbons (Fsp3) is 0.308. The molecule has 0 saturated carbocycles. The number of rotatable bonds is 4. The SMILES string of the molecule is C[C@H](NCc1ncc(Cl)n1C)c1cccc(F)c1. The van der Waals surface area contributed by atoms with E-state index in [-0.39, 0.29) is 11.9 Å². The van der Waals surface area contributed by atoms with E-state index in [1.807, 2.05) is 24.6 Å². The molecule has 0 fully saturated rings. The minimum atomic E-state index is -0.221. The van der Waals surface area contributed by atoms with Gasteiger partial charge in [0, 0.05) is 13.1 Å². The number of hydrogen-bond donors (Lipinski definition) is 1. The van der Waals surface area contributed by atoms with Gasteiger partial charge in [-0.3, -0.25) is 0 Å². The number of imidazole rings is 1. The Morgan fingerprint density at radius 2 is 2.28 bits per heavy atom. The van der Waals surface area contributed by atoms with E-state index in [1.165, 1.54) is 12.1 Å².